The van der Waals surface area contributed by atoms with E-state index in [1.165, 1.54) is 25.3 Å². The number of nitrogens with one attached hydrogen (secondary N) is 2. The van der Waals surface area contributed by atoms with E-state index in [9.17, 15) is 18.0 Å². The van der Waals surface area contributed by atoms with Crippen molar-refractivity contribution in [3.05, 3.63) is 93.5 Å². The van der Waals surface area contributed by atoms with Crippen LogP contribution >= 0.6 is 23.2 Å². The fraction of sp³-hybridized carbons (Fsp3) is 0.130. The summed E-state index contributed by atoms with van der Waals surface area (Å²) >= 11 is 11.7. The standard InChI is InChI=1S/C23H20Cl2N2O5S/c1-32-23(29)17-6-2-16(3-7-17)14-26-22(28)12-15-4-8-18(9-5-15)27-33(30,31)19-10-11-20(24)21(25)13-19/h2-11,13,27H,12,14H2,1H3,(H,26,28). The lowest BCUT2D eigenvalue weighted by molar-refractivity contribution is -0.120. The second-order valence-electron chi connectivity index (χ2n) is 7.02. The van der Waals surface area contributed by atoms with E-state index in [0.29, 0.717) is 23.4 Å². The largest absolute Gasteiger partial charge is 0.465 e. The number of halogens is 2. The van der Waals surface area contributed by atoms with Crippen LogP contribution in [-0.4, -0.2) is 27.4 Å². The Morgan fingerprint density at radius 1 is 0.879 bits per heavy atom. The van der Waals surface area contributed by atoms with Crippen LogP contribution in [0.3, 0.4) is 0 Å². The Morgan fingerprint density at radius 3 is 2.12 bits per heavy atom. The Bertz CT molecular complexity index is 1260. The van der Waals surface area contributed by atoms with E-state index in [-0.39, 0.29) is 27.3 Å². The molecule has 0 unspecified atom stereocenters. The normalized spacial score (nSPS) is 11.0. The molecule has 0 aliphatic heterocycles. The number of hydrogen-bond acceptors (Lipinski definition) is 5. The van der Waals surface area contributed by atoms with Gasteiger partial charge in [-0.3, -0.25) is 9.52 Å². The summed E-state index contributed by atoms with van der Waals surface area (Å²) in [6.45, 7) is 0.307. The number of sulfonamides is 1. The van der Waals surface area contributed by atoms with Crippen molar-refractivity contribution in [2.24, 2.45) is 0 Å². The third kappa shape index (κ3) is 6.71. The van der Waals surface area contributed by atoms with Gasteiger partial charge in [-0.15, -0.1) is 0 Å². The van der Waals surface area contributed by atoms with E-state index in [0.717, 1.165) is 5.56 Å². The van der Waals surface area contributed by atoms with Gasteiger partial charge in [0.25, 0.3) is 10.0 Å². The molecule has 7 nitrogen and oxygen atoms in total. The molecule has 0 aliphatic carbocycles. The molecule has 3 aromatic carbocycles. The highest BCUT2D eigenvalue weighted by Crippen LogP contribution is 2.26. The number of hydrogen-bond donors (Lipinski definition) is 2. The highest BCUT2D eigenvalue weighted by Gasteiger charge is 2.16. The van der Waals surface area contributed by atoms with Gasteiger partial charge in [0.05, 0.1) is 34.0 Å². The van der Waals surface area contributed by atoms with Crippen molar-refractivity contribution in [1.82, 2.24) is 5.32 Å². The van der Waals surface area contributed by atoms with Gasteiger partial charge in [-0.25, -0.2) is 13.2 Å². The van der Waals surface area contributed by atoms with Crippen molar-refractivity contribution in [2.45, 2.75) is 17.9 Å². The van der Waals surface area contributed by atoms with Crippen LogP contribution in [0.25, 0.3) is 0 Å². The molecular formula is C23H20Cl2N2O5S. The van der Waals surface area contributed by atoms with Crippen LogP contribution < -0.4 is 10.0 Å². The van der Waals surface area contributed by atoms with Crippen molar-refractivity contribution in [2.75, 3.05) is 11.8 Å². The van der Waals surface area contributed by atoms with E-state index in [1.54, 1.807) is 48.5 Å². The number of anilines is 1. The minimum atomic E-state index is -3.84. The van der Waals surface area contributed by atoms with Gasteiger partial charge in [-0.05, 0) is 53.6 Å². The van der Waals surface area contributed by atoms with Gasteiger partial charge in [0.2, 0.25) is 5.91 Å². The fourth-order valence-electron chi connectivity index (χ4n) is 2.87. The third-order valence-electron chi connectivity index (χ3n) is 4.64. The molecule has 0 saturated carbocycles. The maximum Gasteiger partial charge on any atom is 0.337 e. The lowest BCUT2D eigenvalue weighted by Crippen LogP contribution is -2.24. The minimum Gasteiger partial charge on any atom is -0.465 e. The monoisotopic (exact) mass is 506 g/mol. The Labute approximate surface area is 201 Å². The molecule has 0 saturated heterocycles. The average molecular weight is 507 g/mol. The maximum absolute atomic E-state index is 12.5. The van der Waals surface area contributed by atoms with Crippen LogP contribution in [0.15, 0.2) is 71.6 Å². The summed E-state index contributed by atoms with van der Waals surface area (Å²) in [6, 6.07) is 17.2. The van der Waals surface area contributed by atoms with Crippen LogP contribution in [0.1, 0.15) is 21.5 Å². The van der Waals surface area contributed by atoms with Crippen molar-refractivity contribution in [3.8, 4) is 0 Å². The number of ether oxygens (including phenoxy) is 1. The topological polar surface area (TPSA) is 102 Å². The third-order valence-corrected chi connectivity index (χ3v) is 6.75. The van der Waals surface area contributed by atoms with Gasteiger partial charge in [-0.2, -0.15) is 0 Å². The summed E-state index contributed by atoms with van der Waals surface area (Å²) in [4.78, 5) is 23.7. The number of amides is 1. The van der Waals surface area contributed by atoms with Gasteiger partial charge in [0, 0.05) is 12.2 Å². The molecule has 0 bridgehead atoms. The van der Waals surface area contributed by atoms with E-state index in [4.69, 9.17) is 23.2 Å². The first kappa shape index (κ1) is 24.6. The number of rotatable bonds is 8. The van der Waals surface area contributed by atoms with Gasteiger partial charge >= 0.3 is 5.97 Å². The van der Waals surface area contributed by atoms with Crippen molar-refractivity contribution >= 4 is 50.8 Å². The molecule has 3 aromatic rings. The molecule has 1 amide bonds. The van der Waals surface area contributed by atoms with Crippen molar-refractivity contribution in [1.29, 1.82) is 0 Å². The Kier molecular flexibility index (Phi) is 7.97. The Balaban J connectivity index is 1.55. The predicted molar refractivity (Wildman–Crippen MR) is 127 cm³/mol. The fourth-order valence-corrected chi connectivity index (χ4v) is 4.32. The van der Waals surface area contributed by atoms with Gasteiger partial charge in [0.1, 0.15) is 0 Å². The Morgan fingerprint density at radius 2 is 1.52 bits per heavy atom. The number of esters is 1. The lowest BCUT2D eigenvalue weighted by Gasteiger charge is -2.10. The van der Waals surface area contributed by atoms with E-state index >= 15 is 0 Å². The molecule has 0 radical (unpaired) electrons. The second-order valence-corrected chi connectivity index (χ2v) is 9.52. The number of carbonyl (C=O) groups excluding carboxylic acids is 2. The molecule has 0 atom stereocenters. The molecule has 172 valence electrons. The van der Waals surface area contributed by atoms with Crippen molar-refractivity contribution < 1.29 is 22.7 Å². The summed E-state index contributed by atoms with van der Waals surface area (Å²) in [5.41, 5.74) is 2.33. The number of methoxy groups -OCH3 is 1. The summed E-state index contributed by atoms with van der Waals surface area (Å²) in [5.74, 6) is -0.621. The molecular weight excluding hydrogens is 487 g/mol. The summed E-state index contributed by atoms with van der Waals surface area (Å²) < 4.78 is 32.2. The molecule has 2 N–H and O–H groups in total. The first-order valence-electron chi connectivity index (χ1n) is 9.69. The maximum atomic E-state index is 12.5. The van der Waals surface area contributed by atoms with Gasteiger partial charge < -0.3 is 10.1 Å². The SMILES string of the molecule is COC(=O)c1ccc(CNC(=O)Cc2ccc(NS(=O)(=O)c3ccc(Cl)c(Cl)c3)cc2)cc1. The van der Waals surface area contributed by atoms with Crippen LogP contribution in [0.5, 0.6) is 0 Å². The van der Waals surface area contributed by atoms with Crippen LogP contribution in [0.4, 0.5) is 5.69 Å². The quantitative estimate of drug-likeness (QED) is 0.439. The zero-order valence-electron chi connectivity index (χ0n) is 17.5. The van der Waals surface area contributed by atoms with Crippen LogP contribution in [0.2, 0.25) is 10.0 Å². The number of benzene rings is 3. The van der Waals surface area contributed by atoms with E-state index in [1.807, 2.05) is 0 Å². The van der Waals surface area contributed by atoms with Gasteiger partial charge in [0.15, 0.2) is 0 Å². The molecule has 0 aromatic heterocycles. The summed E-state index contributed by atoms with van der Waals surface area (Å²) in [6.07, 6.45) is 0.125. The van der Waals surface area contributed by atoms with E-state index in [2.05, 4.69) is 14.8 Å². The molecule has 10 heteroatoms. The lowest BCUT2D eigenvalue weighted by atomic mass is 10.1. The predicted octanol–water partition coefficient (Wildman–Crippen LogP) is 4.44. The summed E-state index contributed by atoms with van der Waals surface area (Å²) in [7, 11) is -2.53. The molecule has 3 rings (SSSR count). The highest BCUT2D eigenvalue weighted by molar-refractivity contribution is 7.92. The smallest absolute Gasteiger partial charge is 0.337 e. The average Bonchev–Trinajstić information content (AvgIpc) is 2.80. The molecule has 0 heterocycles. The minimum absolute atomic E-state index is 0.0139. The first-order chi connectivity index (χ1) is 15.7. The first-order valence-corrected chi connectivity index (χ1v) is 11.9. The van der Waals surface area contributed by atoms with Crippen LogP contribution in [0, 0.1) is 0 Å². The van der Waals surface area contributed by atoms with Crippen molar-refractivity contribution in [3.63, 3.8) is 0 Å². The second kappa shape index (κ2) is 10.7. The summed E-state index contributed by atoms with van der Waals surface area (Å²) in [5, 5.41) is 3.20. The van der Waals surface area contributed by atoms with Crippen LogP contribution in [-0.2, 0) is 32.5 Å². The molecule has 0 aliphatic rings. The molecule has 33 heavy (non-hydrogen) atoms. The zero-order valence-corrected chi connectivity index (χ0v) is 19.8. The van der Waals surface area contributed by atoms with Gasteiger partial charge in [-0.1, -0.05) is 47.5 Å². The molecule has 0 fully saturated rings. The molecule has 0 spiro atoms. The number of carbonyl (C=O) groups is 2. The van der Waals surface area contributed by atoms with E-state index < -0.39 is 16.0 Å². The zero-order chi connectivity index (χ0) is 24.0. The Hall–Kier alpha value is -3.07. The highest BCUT2D eigenvalue weighted by atomic mass is 35.5.